The van der Waals surface area contributed by atoms with Gasteiger partial charge >= 0.3 is 0 Å². The van der Waals surface area contributed by atoms with Crippen LogP contribution in [0.25, 0.3) is 0 Å². The molecule has 0 radical (unpaired) electrons. The molecule has 0 bridgehead atoms. The molecule has 0 unspecified atom stereocenters. The minimum atomic E-state index is 0.917. The van der Waals surface area contributed by atoms with Gasteiger partial charge in [-0.25, -0.2) is 0 Å². The van der Waals surface area contributed by atoms with Gasteiger partial charge in [-0.15, -0.1) is 13.2 Å². The maximum Gasteiger partial charge on any atom is -0.0175 e. The van der Waals surface area contributed by atoms with E-state index in [4.69, 9.17) is 0 Å². The molecule has 0 aromatic carbocycles. The van der Waals surface area contributed by atoms with E-state index < -0.39 is 0 Å². The van der Waals surface area contributed by atoms with Crippen LogP contribution in [0.2, 0.25) is 0 Å². The zero-order valence-corrected chi connectivity index (χ0v) is 6.77. The molecule has 0 fully saturated rings. The van der Waals surface area contributed by atoms with Crippen LogP contribution in [-0.2, 0) is 0 Å². The van der Waals surface area contributed by atoms with E-state index in [1.807, 2.05) is 19.1 Å². The first-order valence-corrected chi connectivity index (χ1v) is 3.18. The first-order chi connectivity index (χ1) is 4.68. The molecule has 0 nitrogen and oxygen atoms in total. The number of allylic oxidation sites excluding steroid dienone is 4. The molecule has 0 aliphatic heterocycles. The van der Waals surface area contributed by atoms with Crippen LogP contribution in [0.3, 0.4) is 0 Å². The number of hydrogen-bond acceptors (Lipinski definition) is 0. The summed E-state index contributed by atoms with van der Waals surface area (Å²) in [6, 6.07) is 0. The van der Waals surface area contributed by atoms with Gasteiger partial charge in [0, 0.05) is 0 Å². The van der Waals surface area contributed by atoms with Crippen LogP contribution >= 0.6 is 0 Å². The Morgan fingerprint density at radius 1 is 1.20 bits per heavy atom. The predicted molar refractivity (Wildman–Crippen MR) is 50.0 cm³/mol. The number of hydrogen-bond donors (Lipinski definition) is 0. The SMILES string of the molecule is C=CC(=C)C.C=CCC=C. The van der Waals surface area contributed by atoms with E-state index in [1.165, 1.54) is 0 Å². The molecule has 0 N–H and O–H groups in total. The summed E-state index contributed by atoms with van der Waals surface area (Å²) in [6.45, 7) is 15.9. The second-order valence-corrected chi connectivity index (χ2v) is 1.86. The lowest BCUT2D eigenvalue weighted by Gasteiger charge is -1.71. The minimum Gasteiger partial charge on any atom is -0.103 e. The van der Waals surface area contributed by atoms with Crippen molar-refractivity contribution in [2.45, 2.75) is 13.3 Å². The Hall–Kier alpha value is -1.04. The molecular weight excluding hydrogens is 120 g/mol. The largest absolute Gasteiger partial charge is 0.103 e. The summed E-state index contributed by atoms with van der Waals surface area (Å²) in [4.78, 5) is 0. The van der Waals surface area contributed by atoms with Crippen molar-refractivity contribution in [3.63, 3.8) is 0 Å². The van der Waals surface area contributed by atoms with E-state index in [2.05, 4.69) is 26.3 Å². The molecule has 0 heteroatoms. The highest BCUT2D eigenvalue weighted by Gasteiger charge is 1.59. The van der Waals surface area contributed by atoms with Gasteiger partial charge in [0.05, 0.1) is 0 Å². The average Bonchev–Trinajstić information content (AvgIpc) is 1.91. The average molecular weight is 136 g/mol. The van der Waals surface area contributed by atoms with Crippen molar-refractivity contribution in [1.29, 1.82) is 0 Å². The van der Waals surface area contributed by atoms with Gasteiger partial charge in [-0.1, -0.05) is 37.0 Å². The van der Waals surface area contributed by atoms with Crippen molar-refractivity contribution in [3.8, 4) is 0 Å². The highest BCUT2D eigenvalue weighted by Crippen LogP contribution is 1.81. The Morgan fingerprint density at radius 3 is 1.50 bits per heavy atom. The van der Waals surface area contributed by atoms with Crippen molar-refractivity contribution in [2.75, 3.05) is 0 Å². The van der Waals surface area contributed by atoms with Crippen LogP contribution in [0.5, 0.6) is 0 Å². The lowest BCUT2D eigenvalue weighted by Crippen LogP contribution is -1.50. The van der Waals surface area contributed by atoms with Crippen LogP contribution in [0.1, 0.15) is 13.3 Å². The van der Waals surface area contributed by atoms with Gasteiger partial charge < -0.3 is 0 Å². The Bertz CT molecular complexity index is 112. The maximum atomic E-state index is 3.56. The normalized spacial score (nSPS) is 6.50. The van der Waals surface area contributed by atoms with E-state index in [0.29, 0.717) is 0 Å². The molecule has 0 aromatic heterocycles. The fourth-order valence-electron chi connectivity index (χ4n) is 0.118. The Kier molecular flexibility index (Phi) is 12.7. The fraction of sp³-hybridized carbons (Fsp3) is 0.200. The smallest absolute Gasteiger partial charge is 0.0175 e. The van der Waals surface area contributed by atoms with Crippen molar-refractivity contribution < 1.29 is 0 Å². The van der Waals surface area contributed by atoms with Gasteiger partial charge in [-0.05, 0) is 13.3 Å². The van der Waals surface area contributed by atoms with Gasteiger partial charge in [0.15, 0.2) is 0 Å². The molecule has 0 saturated heterocycles. The monoisotopic (exact) mass is 136 g/mol. The summed E-state index contributed by atoms with van der Waals surface area (Å²) < 4.78 is 0. The van der Waals surface area contributed by atoms with Crippen LogP contribution < -0.4 is 0 Å². The van der Waals surface area contributed by atoms with Gasteiger partial charge in [0.25, 0.3) is 0 Å². The quantitative estimate of drug-likeness (QED) is 0.411. The third kappa shape index (κ3) is 28.2. The zero-order chi connectivity index (χ0) is 8.41. The Balaban J connectivity index is 0. The van der Waals surface area contributed by atoms with Crippen molar-refractivity contribution in [2.24, 2.45) is 0 Å². The van der Waals surface area contributed by atoms with E-state index in [0.717, 1.165) is 12.0 Å². The molecule has 0 spiro atoms. The summed E-state index contributed by atoms with van der Waals surface area (Å²) in [5.41, 5.74) is 1.02. The second-order valence-electron chi connectivity index (χ2n) is 1.86. The molecule has 0 atom stereocenters. The third-order valence-electron chi connectivity index (χ3n) is 0.682. The van der Waals surface area contributed by atoms with Crippen LogP contribution in [0, 0.1) is 0 Å². The molecule has 10 heavy (non-hydrogen) atoms. The third-order valence-corrected chi connectivity index (χ3v) is 0.682. The van der Waals surface area contributed by atoms with E-state index in [9.17, 15) is 0 Å². The Labute approximate surface area is 64.3 Å². The van der Waals surface area contributed by atoms with Crippen molar-refractivity contribution in [1.82, 2.24) is 0 Å². The van der Waals surface area contributed by atoms with Crippen LogP contribution in [-0.4, -0.2) is 0 Å². The summed E-state index contributed by atoms with van der Waals surface area (Å²) in [5, 5.41) is 0. The first-order valence-electron chi connectivity index (χ1n) is 3.18. The molecule has 0 aliphatic carbocycles. The minimum absolute atomic E-state index is 0.917. The van der Waals surface area contributed by atoms with Crippen LogP contribution in [0.4, 0.5) is 0 Å². The standard InChI is InChI=1S/2C5H8/c1-4-5(2)3;1-3-5-4-2/h4H,1-2H2,3H3;3-4H,1-2,5H2. The van der Waals surface area contributed by atoms with Gasteiger partial charge in [0.1, 0.15) is 0 Å². The lowest BCUT2D eigenvalue weighted by molar-refractivity contribution is 1.42. The maximum absolute atomic E-state index is 3.56. The topological polar surface area (TPSA) is 0 Å². The molecule has 0 saturated carbocycles. The van der Waals surface area contributed by atoms with Crippen LogP contribution in [0.15, 0.2) is 50.1 Å². The van der Waals surface area contributed by atoms with E-state index in [1.54, 1.807) is 6.08 Å². The van der Waals surface area contributed by atoms with Gasteiger partial charge in [-0.3, -0.25) is 0 Å². The van der Waals surface area contributed by atoms with Crippen molar-refractivity contribution >= 4 is 0 Å². The predicted octanol–water partition coefficient (Wildman–Crippen LogP) is 3.50. The molecule has 0 amide bonds. The summed E-state index contributed by atoms with van der Waals surface area (Å²) in [7, 11) is 0. The van der Waals surface area contributed by atoms with Crippen molar-refractivity contribution in [3.05, 3.63) is 50.1 Å². The second kappa shape index (κ2) is 10.9. The lowest BCUT2D eigenvalue weighted by atomic mass is 10.4. The molecule has 0 aliphatic rings. The highest BCUT2D eigenvalue weighted by atomic mass is 13.7. The fourth-order valence-corrected chi connectivity index (χ4v) is 0.118. The zero-order valence-electron chi connectivity index (χ0n) is 6.77. The van der Waals surface area contributed by atoms with Gasteiger partial charge in [0.2, 0.25) is 0 Å². The highest BCUT2D eigenvalue weighted by molar-refractivity contribution is 5.05. The van der Waals surface area contributed by atoms with E-state index >= 15 is 0 Å². The summed E-state index contributed by atoms with van der Waals surface area (Å²) in [5.74, 6) is 0. The number of rotatable bonds is 3. The first kappa shape index (κ1) is 11.7. The molecule has 56 valence electrons. The molecule has 0 heterocycles. The molecule has 0 rings (SSSR count). The molecule has 0 aromatic rings. The Morgan fingerprint density at radius 2 is 1.50 bits per heavy atom. The molecular formula is C10H16. The summed E-state index contributed by atoms with van der Waals surface area (Å²) >= 11 is 0. The van der Waals surface area contributed by atoms with Gasteiger partial charge in [-0.2, -0.15) is 0 Å². The summed E-state index contributed by atoms with van der Waals surface area (Å²) in [6.07, 6.45) is 6.26. The van der Waals surface area contributed by atoms with E-state index in [-0.39, 0.29) is 0 Å².